The van der Waals surface area contributed by atoms with Gasteiger partial charge in [0.25, 0.3) is 0 Å². The number of amides is 1. The Morgan fingerprint density at radius 2 is 2.19 bits per heavy atom. The van der Waals surface area contributed by atoms with Gasteiger partial charge in [-0.3, -0.25) is 9.78 Å². The van der Waals surface area contributed by atoms with E-state index >= 15 is 0 Å². The first-order valence-electron chi connectivity index (χ1n) is 7.77. The van der Waals surface area contributed by atoms with Crippen LogP contribution >= 0.6 is 0 Å². The van der Waals surface area contributed by atoms with Crippen LogP contribution in [0.4, 0.5) is 0 Å². The molecule has 0 radical (unpaired) electrons. The molecule has 0 saturated carbocycles. The topological polar surface area (TPSA) is 63.2 Å². The van der Waals surface area contributed by atoms with Crippen molar-refractivity contribution in [3.63, 3.8) is 0 Å². The lowest BCUT2D eigenvalue weighted by Gasteiger charge is -2.32. The van der Waals surface area contributed by atoms with Gasteiger partial charge < -0.3 is 15.4 Å². The number of carbonyl (C=O) groups excluding carboxylic acids is 1. The highest BCUT2D eigenvalue weighted by Crippen LogP contribution is 2.31. The third kappa shape index (κ3) is 3.80. The second-order valence-electron chi connectivity index (χ2n) is 6.04. The molecule has 2 saturated heterocycles. The zero-order valence-electron chi connectivity index (χ0n) is 12.3. The molecule has 1 amide bonds. The third-order valence-electron chi connectivity index (χ3n) is 4.59. The van der Waals surface area contributed by atoms with Gasteiger partial charge in [0.15, 0.2) is 0 Å². The summed E-state index contributed by atoms with van der Waals surface area (Å²) < 4.78 is 5.64. The fourth-order valence-corrected chi connectivity index (χ4v) is 3.40. The number of hydrogen-bond donors (Lipinski definition) is 2. The highest BCUT2D eigenvalue weighted by Gasteiger charge is 2.37. The molecule has 0 bridgehead atoms. The largest absolute Gasteiger partial charge is 0.381 e. The highest BCUT2D eigenvalue weighted by atomic mass is 16.5. The van der Waals surface area contributed by atoms with E-state index < -0.39 is 0 Å². The monoisotopic (exact) mass is 289 g/mol. The van der Waals surface area contributed by atoms with Crippen LogP contribution in [0.3, 0.4) is 0 Å². The molecule has 0 unspecified atom stereocenters. The maximum absolute atomic E-state index is 12.1. The van der Waals surface area contributed by atoms with Gasteiger partial charge in [-0.05, 0) is 48.4 Å². The van der Waals surface area contributed by atoms with E-state index in [2.05, 4.69) is 15.6 Å². The van der Waals surface area contributed by atoms with Crippen LogP contribution in [-0.4, -0.2) is 43.7 Å². The number of pyridine rings is 1. The number of hydrogen-bond acceptors (Lipinski definition) is 4. The van der Waals surface area contributed by atoms with Gasteiger partial charge in [0.05, 0.1) is 13.2 Å². The van der Waals surface area contributed by atoms with Crippen LogP contribution in [0.1, 0.15) is 12.0 Å². The van der Waals surface area contributed by atoms with Crippen molar-refractivity contribution < 1.29 is 9.53 Å². The van der Waals surface area contributed by atoms with Gasteiger partial charge >= 0.3 is 0 Å². The standard InChI is InChI=1S/C16H23N3O2/c20-16(19-6-3-12-1-4-17-5-2-12)7-13-10-21-11-14-8-18-9-15(13)14/h1-2,4-5,13-15,18H,3,6-11H2,(H,19,20)/t13-,14-,15-/m1/s1. The number of fused-ring (bicyclic) bond motifs is 1. The van der Waals surface area contributed by atoms with Crippen molar-refractivity contribution in [2.45, 2.75) is 12.8 Å². The summed E-state index contributed by atoms with van der Waals surface area (Å²) in [6.07, 6.45) is 5.00. The van der Waals surface area contributed by atoms with Gasteiger partial charge in [-0.1, -0.05) is 0 Å². The Balaban J connectivity index is 1.41. The number of ether oxygens (including phenoxy) is 1. The minimum absolute atomic E-state index is 0.144. The van der Waals surface area contributed by atoms with E-state index in [0.29, 0.717) is 30.7 Å². The number of nitrogens with one attached hydrogen (secondary N) is 2. The Morgan fingerprint density at radius 1 is 1.33 bits per heavy atom. The second-order valence-corrected chi connectivity index (χ2v) is 6.04. The summed E-state index contributed by atoms with van der Waals surface area (Å²) in [5.74, 6) is 1.70. The Morgan fingerprint density at radius 3 is 3.05 bits per heavy atom. The average molecular weight is 289 g/mol. The molecule has 3 atom stereocenters. The molecule has 2 fully saturated rings. The Labute approximate surface area is 125 Å². The molecule has 1 aromatic heterocycles. The minimum atomic E-state index is 0.144. The zero-order valence-corrected chi connectivity index (χ0v) is 12.3. The smallest absolute Gasteiger partial charge is 0.220 e. The van der Waals surface area contributed by atoms with Crippen molar-refractivity contribution in [2.75, 3.05) is 32.8 Å². The Kier molecular flexibility index (Phi) is 4.83. The molecule has 0 spiro atoms. The summed E-state index contributed by atoms with van der Waals surface area (Å²) in [6, 6.07) is 3.96. The number of aromatic nitrogens is 1. The van der Waals surface area contributed by atoms with Crippen molar-refractivity contribution in [2.24, 2.45) is 17.8 Å². The molecular weight excluding hydrogens is 266 g/mol. The van der Waals surface area contributed by atoms with E-state index in [1.165, 1.54) is 5.56 Å². The van der Waals surface area contributed by atoms with E-state index in [4.69, 9.17) is 4.74 Å². The van der Waals surface area contributed by atoms with Crippen LogP contribution in [0, 0.1) is 17.8 Å². The molecule has 3 heterocycles. The van der Waals surface area contributed by atoms with E-state index in [0.717, 1.165) is 32.7 Å². The summed E-state index contributed by atoms with van der Waals surface area (Å²) in [5, 5.41) is 6.44. The molecule has 2 aliphatic heterocycles. The normalized spacial score (nSPS) is 28.1. The van der Waals surface area contributed by atoms with Crippen LogP contribution in [0.15, 0.2) is 24.5 Å². The van der Waals surface area contributed by atoms with Crippen LogP contribution in [0.25, 0.3) is 0 Å². The van der Waals surface area contributed by atoms with Crippen molar-refractivity contribution in [3.8, 4) is 0 Å². The summed E-state index contributed by atoms with van der Waals surface area (Å²) in [5.41, 5.74) is 1.20. The molecule has 2 N–H and O–H groups in total. The predicted molar refractivity (Wildman–Crippen MR) is 79.7 cm³/mol. The highest BCUT2D eigenvalue weighted by molar-refractivity contribution is 5.76. The first kappa shape index (κ1) is 14.5. The van der Waals surface area contributed by atoms with Gasteiger partial charge in [-0.2, -0.15) is 0 Å². The van der Waals surface area contributed by atoms with Crippen LogP contribution in [0.5, 0.6) is 0 Å². The SMILES string of the molecule is O=C(C[C@@H]1COC[C@H]2CNC[C@@H]21)NCCc1ccncc1. The maximum atomic E-state index is 12.1. The van der Waals surface area contributed by atoms with E-state index in [9.17, 15) is 4.79 Å². The van der Waals surface area contributed by atoms with Gasteiger partial charge in [0.2, 0.25) is 5.91 Å². The first-order valence-corrected chi connectivity index (χ1v) is 7.77. The first-order chi connectivity index (χ1) is 10.3. The van der Waals surface area contributed by atoms with Gasteiger partial charge in [-0.15, -0.1) is 0 Å². The van der Waals surface area contributed by atoms with Crippen molar-refractivity contribution in [1.82, 2.24) is 15.6 Å². The van der Waals surface area contributed by atoms with Crippen molar-refractivity contribution >= 4 is 5.91 Å². The van der Waals surface area contributed by atoms with Crippen LogP contribution in [0.2, 0.25) is 0 Å². The van der Waals surface area contributed by atoms with E-state index in [1.54, 1.807) is 12.4 Å². The lowest BCUT2D eigenvalue weighted by molar-refractivity contribution is -0.124. The van der Waals surface area contributed by atoms with Gasteiger partial charge in [-0.25, -0.2) is 0 Å². The Bertz CT molecular complexity index is 466. The lowest BCUT2D eigenvalue weighted by Crippen LogP contribution is -2.38. The number of rotatable bonds is 5. The molecule has 0 aromatic carbocycles. The molecule has 3 rings (SSSR count). The Hall–Kier alpha value is -1.46. The second kappa shape index (κ2) is 7.00. The molecule has 5 heteroatoms. The molecule has 1 aromatic rings. The maximum Gasteiger partial charge on any atom is 0.220 e. The fraction of sp³-hybridized carbons (Fsp3) is 0.625. The van der Waals surface area contributed by atoms with Crippen molar-refractivity contribution in [3.05, 3.63) is 30.1 Å². The lowest BCUT2D eigenvalue weighted by atomic mass is 9.81. The van der Waals surface area contributed by atoms with Gasteiger partial charge in [0, 0.05) is 31.9 Å². The van der Waals surface area contributed by atoms with Crippen LogP contribution in [-0.2, 0) is 16.0 Å². The minimum Gasteiger partial charge on any atom is -0.381 e. The zero-order chi connectivity index (χ0) is 14.5. The van der Waals surface area contributed by atoms with E-state index in [-0.39, 0.29) is 5.91 Å². The van der Waals surface area contributed by atoms with Crippen LogP contribution < -0.4 is 10.6 Å². The summed E-state index contributed by atoms with van der Waals surface area (Å²) in [7, 11) is 0. The molecule has 0 aliphatic carbocycles. The van der Waals surface area contributed by atoms with E-state index in [1.807, 2.05) is 12.1 Å². The molecule has 5 nitrogen and oxygen atoms in total. The third-order valence-corrected chi connectivity index (χ3v) is 4.59. The molecule has 114 valence electrons. The molecule has 2 aliphatic rings. The molecule has 21 heavy (non-hydrogen) atoms. The molecular formula is C16H23N3O2. The number of carbonyl (C=O) groups is 1. The fourth-order valence-electron chi connectivity index (χ4n) is 3.40. The average Bonchev–Trinajstić information content (AvgIpc) is 2.98. The number of nitrogens with zero attached hydrogens (tertiary/aromatic N) is 1. The quantitative estimate of drug-likeness (QED) is 0.834. The summed E-state index contributed by atoms with van der Waals surface area (Å²) >= 11 is 0. The van der Waals surface area contributed by atoms with Gasteiger partial charge in [0.1, 0.15) is 0 Å². The van der Waals surface area contributed by atoms with Crippen molar-refractivity contribution in [1.29, 1.82) is 0 Å². The predicted octanol–water partition coefficient (Wildman–Crippen LogP) is 0.612. The summed E-state index contributed by atoms with van der Waals surface area (Å²) in [6.45, 7) is 4.31. The summed E-state index contributed by atoms with van der Waals surface area (Å²) in [4.78, 5) is 16.1.